The topological polar surface area (TPSA) is 86.6 Å². The first-order valence-electron chi connectivity index (χ1n) is 11.5. The fourth-order valence-corrected chi connectivity index (χ4v) is 2.75. The maximum Gasteiger partial charge on any atom is 0.0701 e. The van der Waals surface area contributed by atoms with Gasteiger partial charge in [-0.2, -0.15) is 0 Å². The summed E-state index contributed by atoms with van der Waals surface area (Å²) in [5.74, 6) is 0. The number of ether oxygens (including phenoxy) is 5. The molecule has 0 spiro atoms. The van der Waals surface area contributed by atoms with Crippen molar-refractivity contribution < 1.29 is 33.9 Å². The Kier molecular flexibility index (Phi) is 27.5. The van der Waals surface area contributed by atoms with Crippen LogP contribution in [0.4, 0.5) is 0 Å². The number of hydrogen-bond donors (Lipinski definition) is 2. The predicted octanol–water partition coefficient (Wildman–Crippen LogP) is 2.96. The van der Waals surface area contributed by atoms with Gasteiger partial charge in [0.05, 0.1) is 52.9 Å². The Morgan fingerprint density at radius 3 is 0.828 bits per heavy atom. The fourth-order valence-electron chi connectivity index (χ4n) is 2.75. The molecule has 0 fully saturated rings. The number of aliphatic hydroxyl groups excluding tert-OH is 2. The molecule has 0 heterocycles. The van der Waals surface area contributed by atoms with E-state index in [-0.39, 0.29) is 13.2 Å². The molecule has 0 aliphatic heterocycles. The van der Waals surface area contributed by atoms with Crippen molar-refractivity contribution in [3.05, 3.63) is 0 Å². The summed E-state index contributed by atoms with van der Waals surface area (Å²) < 4.78 is 26.9. The molecule has 0 saturated carbocycles. The molecular weight excluding hydrogens is 376 g/mol. The van der Waals surface area contributed by atoms with Crippen LogP contribution in [0.5, 0.6) is 0 Å². The number of hydrogen-bond acceptors (Lipinski definition) is 7. The summed E-state index contributed by atoms with van der Waals surface area (Å²) >= 11 is 0. The lowest BCUT2D eigenvalue weighted by molar-refractivity contribution is 0.0320. The molecule has 0 aromatic carbocycles. The van der Waals surface area contributed by atoms with E-state index in [1.165, 1.54) is 38.5 Å². The molecule has 29 heavy (non-hydrogen) atoms. The van der Waals surface area contributed by atoms with Crippen LogP contribution in [-0.4, -0.2) is 89.5 Å². The summed E-state index contributed by atoms with van der Waals surface area (Å²) in [4.78, 5) is 0. The Bertz CT molecular complexity index is 254. The third kappa shape index (κ3) is 27.7. The third-order valence-corrected chi connectivity index (χ3v) is 4.37. The van der Waals surface area contributed by atoms with Gasteiger partial charge in [0.25, 0.3) is 0 Å². The van der Waals surface area contributed by atoms with E-state index in [0.717, 1.165) is 52.1 Å². The zero-order valence-corrected chi connectivity index (χ0v) is 18.5. The highest BCUT2D eigenvalue weighted by molar-refractivity contribution is 4.47. The van der Waals surface area contributed by atoms with E-state index in [1.807, 2.05) is 0 Å². The van der Waals surface area contributed by atoms with Crippen molar-refractivity contribution in [3.63, 3.8) is 0 Å². The van der Waals surface area contributed by atoms with Gasteiger partial charge in [0.1, 0.15) is 0 Å². The van der Waals surface area contributed by atoms with E-state index >= 15 is 0 Å². The summed E-state index contributed by atoms with van der Waals surface area (Å²) in [6.45, 7) is 6.64. The van der Waals surface area contributed by atoms with Crippen LogP contribution in [0, 0.1) is 0 Å². The SMILES string of the molecule is OCCOCCOCCCCCCCOCCCCCCCOCCOCCO. The second-order valence-electron chi connectivity index (χ2n) is 7.04. The summed E-state index contributed by atoms with van der Waals surface area (Å²) in [6.07, 6.45) is 11.8. The molecule has 0 aromatic rings. The Morgan fingerprint density at radius 1 is 0.276 bits per heavy atom. The van der Waals surface area contributed by atoms with Crippen LogP contribution in [0.1, 0.15) is 64.2 Å². The number of aliphatic hydroxyl groups is 2. The molecule has 176 valence electrons. The highest BCUT2D eigenvalue weighted by Gasteiger charge is 1.95. The molecule has 0 aliphatic rings. The van der Waals surface area contributed by atoms with Gasteiger partial charge in [-0.3, -0.25) is 0 Å². The summed E-state index contributed by atoms with van der Waals surface area (Å²) in [6, 6.07) is 0. The van der Waals surface area contributed by atoms with Gasteiger partial charge in [0.2, 0.25) is 0 Å². The van der Waals surface area contributed by atoms with Crippen molar-refractivity contribution in [3.8, 4) is 0 Å². The third-order valence-electron chi connectivity index (χ3n) is 4.37. The Balaban J connectivity index is 2.97. The van der Waals surface area contributed by atoms with E-state index in [0.29, 0.717) is 39.6 Å². The first kappa shape index (κ1) is 28.7. The highest BCUT2D eigenvalue weighted by atomic mass is 16.5. The van der Waals surface area contributed by atoms with E-state index in [1.54, 1.807) is 0 Å². The van der Waals surface area contributed by atoms with Gasteiger partial charge < -0.3 is 33.9 Å². The summed E-state index contributed by atoms with van der Waals surface area (Å²) in [5.41, 5.74) is 0. The van der Waals surface area contributed by atoms with Gasteiger partial charge >= 0.3 is 0 Å². The normalized spacial score (nSPS) is 11.4. The van der Waals surface area contributed by atoms with E-state index in [4.69, 9.17) is 33.9 Å². The molecule has 7 heteroatoms. The molecule has 0 saturated heterocycles. The van der Waals surface area contributed by atoms with Crippen molar-refractivity contribution in [2.45, 2.75) is 64.2 Å². The van der Waals surface area contributed by atoms with Gasteiger partial charge in [0, 0.05) is 26.4 Å². The highest BCUT2D eigenvalue weighted by Crippen LogP contribution is 2.06. The molecule has 0 unspecified atom stereocenters. The Morgan fingerprint density at radius 2 is 0.517 bits per heavy atom. The molecule has 0 radical (unpaired) electrons. The Labute approximate surface area is 178 Å². The van der Waals surface area contributed by atoms with E-state index < -0.39 is 0 Å². The van der Waals surface area contributed by atoms with Crippen LogP contribution in [0.15, 0.2) is 0 Å². The minimum absolute atomic E-state index is 0.0739. The van der Waals surface area contributed by atoms with E-state index in [2.05, 4.69) is 0 Å². The quantitative estimate of drug-likeness (QED) is 0.207. The molecule has 7 nitrogen and oxygen atoms in total. The van der Waals surface area contributed by atoms with Gasteiger partial charge in [0.15, 0.2) is 0 Å². The van der Waals surface area contributed by atoms with Crippen molar-refractivity contribution in [1.82, 2.24) is 0 Å². The molecular formula is C22H46O7. The molecule has 0 aromatic heterocycles. The van der Waals surface area contributed by atoms with Crippen LogP contribution in [0.3, 0.4) is 0 Å². The van der Waals surface area contributed by atoms with Crippen LogP contribution < -0.4 is 0 Å². The van der Waals surface area contributed by atoms with Gasteiger partial charge in [-0.05, 0) is 25.7 Å². The first-order chi connectivity index (χ1) is 14.4. The van der Waals surface area contributed by atoms with Gasteiger partial charge in [-0.1, -0.05) is 38.5 Å². The molecule has 0 rings (SSSR count). The molecule has 0 atom stereocenters. The lowest BCUT2D eigenvalue weighted by Gasteiger charge is -2.06. The van der Waals surface area contributed by atoms with Crippen LogP contribution in [0.2, 0.25) is 0 Å². The first-order valence-corrected chi connectivity index (χ1v) is 11.5. The Hall–Kier alpha value is -0.280. The average Bonchev–Trinajstić information content (AvgIpc) is 2.74. The lowest BCUT2D eigenvalue weighted by atomic mass is 10.1. The van der Waals surface area contributed by atoms with Crippen LogP contribution in [0.25, 0.3) is 0 Å². The second kappa shape index (κ2) is 27.7. The summed E-state index contributed by atoms with van der Waals surface area (Å²) in [7, 11) is 0. The minimum Gasteiger partial charge on any atom is -0.394 e. The molecule has 0 aliphatic carbocycles. The van der Waals surface area contributed by atoms with Gasteiger partial charge in [-0.25, -0.2) is 0 Å². The zero-order valence-electron chi connectivity index (χ0n) is 18.5. The lowest BCUT2D eigenvalue weighted by Crippen LogP contribution is -2.07. The number of rotatable bonds is 26. The number of unbranched alkanes of at least 4 members (excludes halogenated alkanes) is 8. The van der Waals surface area contributed by atoms with Crippen molar-refractivity contribution in [2.24, 2.45) is 0 Å². The van der Waals surface area contributed by atoms with Gasteiger partial charge in [-0.15, -0.1) is 0 Å². The maximum absolute atomic E-state index is 8.56. The largest absolute Gasteiger partial charge is 0.394 e. The van der Waals surface area contributed by atoms with E-state index in [9.17, 15) is 0 Å². The fraction of sp³-hybridized carbons (Fsp3) is 1.00. The molecule has 2 N–H and O–H groups in total. The summed E-state index contributed by atoms with van der Waals surface area (Å²) in [5, 5.41) is 17.1. The zero-order chi connectivity index (χ0) is 21.1. The average molecular weight is 423 g/mol. The molecule has 0 amide bonds. The minimum atomic E-state index is 0.0739. The monoisotopic (exact) mass is 422 g/mol. The standard InChI is InChI=1S/C22H46O7/c23-11-17-28-21-19-26-15-9-5-1-3-7-13-25-14-8-4-2-6-10-16-27-20-22-29-18-12-24/h23-24H,1-22H2. The van der Waals surface area contributed by atoms with Crippen LogP contribution >= 0.6 is 0 Å². The van der Waals surface area contributed by atoms with Crippen molar-refractivity contribution >= 4 is 0 Å². The molecule has 0 bridgehead atoms. The smallest absolute Gasteiger partial charge is 0.0701 e. The van der Waals surface area contributed by atoms with Crippen molar-refractivity contribution in [1.29, 1.82) is 0 Å². The van der Waals surface area contributed by atoms with Crippen LogP contribution in [-0.2, 0) is 23.7 Å². The predicted molar refractivity (Wildman–Crippen MR) is 114 cm³/mol. The maximum atomic E-state index is 8.56. The van der Waals surface area contributed by atoms with Crippen molar-refractivity contribution in [2.75, 3.05) is 79.3 Å². The second-order valence-corrected chi connectivity index (χ2v) is 7.04.